The van der Waals surface area contributed by atoms with Gasteiger partial charge in [-0.05, 0) is 24.6 Å². The SMILES string of the molecule is CCCC(N)C(=O)Nc1cc(Cl)ccc1C(=O)O. The fourth-order valence-corrected chi connectivity index (χ4v) is 1.65. The van der Waals surface area contributed by atoms with Crippen LogP contribution >= 0.6 is 11.6 Å². The van der Waals surface area contributed by atoms with Gasteiger partial charge in [0.25, 0.3) is 0 Å². The number of amides is 1. The standard InChI is InChI=1S/C12H15ClN2O3/c1-2-3-9(14)11(16)15-10-6-7(13)4-5-8(10)12(17)18/h4-6,9H,2-3,14H2,1H3,(H,15,16)(H,17,18). The molecule has 6 heteroatoms. The zero-order valence-corrected chi connectivity index (χ0v) is 10.7. The van der Waals surface area contributed by atoms with Crippen LogP contribution in [0.5, 0.6) is 0 Å². The number of nitrogens with one attached hydrogen (secondary N) is 1. The van der Waals surface area contributed by atoms with Gasteiger partial charge in [0, 0.05) is 5.02 Å². The molecule has 0 aliphatic heterocycles. The van der Waals surface area contributed by atoms with Gasteiger partial charge in [-0.15, -0.1) is 0 Å². The Hall–Kier alpha value is -1.59. The molecule has 1 atom stereocenters. The minimum Gasteiger partial charge on any atom is -0.478 e. The lowest BCUT2D eigenvalue weighted by Gasteiger charge is -2.13. The molecule has 0 fully saturated rings. The molecule has 98 valence electrons. The molecule has 0 bridgehead atoms. The topological polar surface area (TPSA) is 92.4 Å². The third kappa shape index (κ3) is 3.72. The summed E-state index contributed by atoms with van der Waals surface area (Å²) in [5.41, 5.74) is 5.79. The third-order valence-electron chi connectivity index (χ3n) is 2.41. The van der Waals surface area contributed by atoms with Crippen molar-refractivity contribution in [2.75, 3.05) is 5.32 Å². The van der Waals surface area contributed by atoms with Gasteiger partial charge in [0.2, 0.25) is 5.91 Å². The second-order valence-corrected chi connectivity index (χ2v) is 4.32. The Bertz CT molecular complexity index is 463. The summed E-state index contributed by atoms with van der Waals surface area (Å²) in [6.45, 7) is 1.91. The first kappa shape index (κ1) is 14.5. The molecule has 0 saturated heterocycles. The minimum absolute atomic E-state index is 0.0172. The summed E-state index contributed by atoms with van der Waals surface area (Å²) >= 11 is 5.77. The molecule has 1 amide bonds. The van der Waals surface area contributed by atoms with Crippen LogP contribution in [0.2, 0.25) is 5.02 Å². The molecular formula is C12H15ClN2O3. The van der Waals surface area contributed by atoms with Crippen LogP contribution in [0, 0.1) is 0 Å². The molecule has 1 aromatic carbocycles. The quantitative estimate of drug-likeness (QED) is 0.764. The van der Waals surface area contributed by atoms with Crippen LogP contribution in [0.1, 0.15) is 30.1 Å². The van der Waals surface area contributed by atoms with Gasteiger partial charge in [-0.2, -0.15) is 0 Å². The maximum Gasteiger partial charge on any atom is 0.337 e. The number of nitrogens with two attached hydrogens (primary N) is 1. The predicted molar refractivity (Wildman–Crippen MR) is 69.9 cm³/mol. The van der Waals surface area contributed by atoms with Gasteiger partial charge in [0.15, 0.2) is 0 Å². The van der Waals surface area contributed by atoms with E-state index in [0.717, 1.165) is 6.42 Å². The van der Waals surface area contributed by atoms with Gasteiger partial charge < -0.3 is 16.2 Å². The van der Waals surface area contributed by atoms with Crippen LogP contribution in [0.3, 0.4) is 0 Å². The van der Waals surface area contributed by atoms with E-state index in [2.05, 4.69) is 5.32 Å². The van der Waals surface area contributed by atoms with Gasteiger partial charge in [-0.3, -0.25) is 4.79 Å². The van der Waals surface area contributed by atoms with E-state index in [1.165, 1.54) is 18.2 Å². The van der Waals surface area contributed by atoms with Crippen molar-refractivity contribution in [3.8, 4) is 0 Å². The molecule has 0 aromatic heterocycles. The maximum absolute atomic E-state index is 11.7. The first-order valence-corrected chi connectivity index (χ1v) is 5.92. The van der Waals surface area contributed by atoms with Crippen LogP contribution in [-0.2, 0) is 4.79 Å². The number of rotatable bonds is 5. The predicted octanol–water partition coefficient (Wildman–Crippen LogP) is 2.10. The fourth-order valence-electron chi connectivity index (χ4n) is 1.47. The molecule has 0 heterocycles. The molecule has 1 rings (SSSR count). The summed E-state index contributed by atoms with van der Waals surface area (Å²) < 4.78 is 0. The summed E-state index contributed by atoms with van der Waals surface area (Å²) in [6, 6.07) is 3.52. The molecule has 0 spiro atoms. The number of anilines is 1. The van der Waals surface area contributed by atoms with E-state index in [9.17, 15) is 9.59 Å². The van der Waals surface area contributed by atoms with Crippen molar-refractivity contribution in [1.82, 2.24) is 0 Å². The van der Waals surface area contributed by atoms with E-state index in [4.69, 9.17) is 22.4 Å². The Morgan fingerprint density at radius 1 is 1.50 bits per heavy atom. The molecular weight excluding hydrogens is 256 g/mol. The summed E-state index contributed by atoms with van der Waals surface area (Å²) in [7, 11) is 0. The lowest BCUT2D eigenvalue weighted by Crippen LogP contribution is -2.35. The van der Waals surface area contributed by atoms with Crippen LogP contribution in [0.25, 0.3) is 0 Å². The molecule has 0 radical (unpaired) electrons. The van der Waals surface area contributed by atoms with Gasteiger partial charge >= 0.3 is 5.97 Å². The first-order chi connectivity index (χ1) is 8.45. The van der Waals surface area contributed by atoms with E-state index in [0.29, 0.717) is 11.4 Å². The second-order valence-electron chi connectivity index (χ2n) is 3.88. The Labute approximate surface area is 110 Å². The molecule has 18 heavy (non-hydrogen) atoms. The number of benzene rings is 1. The number of carbonyl (C=O) groups excluding carboxylic acids is 1. The molecule has 0 aliphatic rings. The van der Waals surface area contributed by atoms with Crippen LogP contribution in [0.15, 0.2) is 18.2 Å². The highest BCUT2D eigenvalue weighted by molar-refractivity contribution is 6.31. The summed E-state index contributed by atoms with van der Waals surface area (Å²) in [5, 5.41) is 11.8. The van der Waals surface area contributed by atoms with Gasteiger partial charge in [-0.25, -0.2) is 4.79 Å². The number of carboxylic acid groups (broad SMARTS) is 1. The Morgan fingerprint density at radius 3 is 2.72 bits per heavy atom. The molecule has 1 aromatic rings. The Kier molecular flexibility index (Phi) is 5.12. The highest BCUT2D eigenvalue weighted by Gasteiger charge is 2.16. The molecule has 0 saturated carbocycles. The highest BCUT2D eigenvalue weighted by Crippen LogP contribution is 2.21. The fraction of sp³-hybridized carbons (Fsp3) is 0.333. The highest BCUT2D eigenvalue weighted by atomic mass is 35.5. The van der Waals surface area contributed by atoms with Crippen LogP contribution < -0.4 is 11.1 Å². The number of hydrogen-bond acceptors (Lipinski definition) is 3. The van der Waals surface area contributed by atoms with Crippen LogP contribution in [-0.4, -0.2) is 23.0 Å². The van der Waals surface area contributed by atoms with Crippen molar-refractivity contribution in [3.63, 3.8) is 0 Å². The number of aromatic carboxylic acids is 1. The average molecular weight is 271 g/mol. The van der Waals surface area contributed by atoms with Crippen molar-refractivity contribution in [2.24, 2.45) is 5.73 Å². The zero-order chi connectivity index (χ0) is 13.7. The minimum atomic E-state index is -1.13. The third-order valence-corrected chi connectivity index (χ3v) is 2.64. The Morgan fingerprint density at radius 2 is 2.17 bits per heavy atom. The number of hydrogen-bond donors (Lipinski definition) is 3. The summed E-state index contributed by atoms with van der Waals surface area (Å²) in [5.74, 6) is -1.55. The normalized spacial score (nSPS) is 11.9. The van der Waals surface area contributed by atoms with Crippen molar-refractivity contribution >= 4 is 29.2 Å². The lowest BCUT2D eigenvalue weighted by molar-refractivity contribution is -0.117. The largest absolute Gasteiger partial charge is 0.478 e. The summed E-state index contributed by atoms with van der Waals surface area (Å²) in [4.78, 5) is 22.7. The van der Waals surface area contributed by atoms with Gasteiger partial charge in [0.1, 0.15) is 0 Å². The van der Waals surface area contributed by atoms with Crippen molar-refractivity contribution < 1.29 is 14.7 Å². The molecule has 0 aliphatic carbocycles. The van der Waals surface area contributed by atoms with Crippen molar-refractivity contribution in [2.45, 2.75) is 25.8 Å². The van der Waals surface area contributed by atoms with Gasteiger partial charge in [0.05, 0.1) is 17.3 Å². The number of carbonyl (C=O) groups is 2. The van der Waals surface area contributed by atoms with E-state index in [1.54, 1.807) is 0 Å². The molecule has 4 N–H and O–H groups in total. The van der Waals surface area contributed by atoms with Crippen LogP contribution in [0.4, 0.5) is 5.69 Å². The number of halogens is 1. The monoisotopic (exact) mass is 270 g/mol. The zero-order valence-electron chi connectivity index (χ0n) is 9.94. The van der Waals surface area contributed by atoms with E-state index < -0.39 is 17.9 Å². The molecule has 5 nitrogen and oxygen atoms in total. The van der Waals surface area contributed by atoms with Gasteiger partial charge in [-0.1, -0.05) is 24.9 Å². The summed E-state index contributed by atoms with van der Waals surface area (Å²) in [6.07, 6.45) is 1.31. The molecule has 1 unspecified atom stereocenters. The van der Waals surface area contributed by atoms with Crippen molar-refractivity contribution in [1.29, 1.82) is 0 Å². The average Bonchev–Trinajstić information content (AvgIpc) is 2.28. The first-order valence-electron chi connectivity index (χ1n) is 5.55. The van der Waals surface area contributed by atoms with E-state index in [1.807, 2.05) is 6.92 Å². The smallest absolute Gasteiger partial charge is 0.337 e. The number of carboxylic acids is 1. The van der Waals surface area contributed by atoms with E-state index in [-0.39, 0.29) is 11.3 Å². The maximum atomic E-state index is 11.7. The van der Waals surface area contributed by atoms with Crippen molar-refractivity contribution in [3.05, 3.63) is 28.8 Å². The van der Waals surface area contributed by atoms with E-state index >= 15 is 0 Å². The Balaban J connectivity index is 2.92. The second kappa shape index (κ2) is 6.37. The lowest BCUT2D eigenvalue weighted by atomic mass is 10.1.